The third kappa shape index (κ3) is 4.26. The van der Waals surface area contributed by atoms with Gasteiger partial charge in [0.25, 0.3) is 0 Å². The lowest BCUT2D eigenvalue weighted by Crippen LogP contribution is -2.29. The highest BCUT2D eigenvalue weighted by atomic mass is 32.2. The normalized spacial score (nSPS) is 15.7. The van der Waals surface area contributed by atoms with E-state index in [0.717, 1.165) is 17.0 Å². The number of nitrogens with one attached hydrogen (secondary N) is 2. The molecular formula is C13H22N2O3S2. The monoisotopic (exact) mass is 318 g/mol. The first kappa shape index (κ1) is 15.9. The highest BCUT2D eigenvalue weighted by Crippen LogP contribution is 2.28. The molecule has 5 nitrogen and oxygen atoms in total. The molecule has 1 aliphatic carbocycles. The van der Waals surface area contributed by atoms with Crippen molar-refractivity contribution in [3.05, 3.63) is 15.8 Å². The molecule has 1 aromatic rings. The lowest BCUT2D eigenvalue weighted by molar-refractivity contribution is 0.129. The Morgan fingerprint density at radius 3 is 2.85 bits per heavy atom. The second-order valence-electron chi connectivity index (χ2n) is 5.12. The molecule has 1 aromatic heterocycles. The summed E-state index contributed by atoms with van der Waals surface area (Å²) in [5.74, 6) is 0.702. The van der Waals surface area contributed by atoms with Crippen LogP contribution in [0.4, 0.5) is 0 Å². The fourth-order valence-corrected chi connectivity index (χ4v) is 4.82. The Labute approximate surface area is 124 Å². The summed E-state index contributed by atoms with van der Waals surface area (Å²) in [7, 11) is -1.64. The van der Waals surface area contributed by atoms with Crippen LogP contribution in [-0.4, -0.2) is 35.2 Å². The first-order valence-corrected chi connectivity index (χ1v) is 9.20. The summed E-state index contributed by atoms with van der Waals surface area (Å²) in [5, 5.41) is 4.88. The van der Waals surface area contributed by atoms with Crippen molar-refractivity contribution in [1.82, 2.24) is 10.0 Å². The van der Waals surface area contributed by atoms with Gasteiger partial charge in [-0.1, -0.05) is 0 Å². The molecule has 114 valence electrons. The number of hydrogen-bond acceptors (Lipinski definition) is 5. The molecule has 20 heavy (non-hydrogen) atoms. The van der Waals surface area contributed by atoms with Crippen LogP contribution >= 0.6 is 11.3 Å². The molecule has 0 spiro atoms. The van der Waals surface area contributed by atoms with Gasteiger partial charge in [-0.2, -0.15) is 0 Å². The van der Waals surface area contributed by atoms with Gasteiger partial charge in [0.1, 0.15) is 4.90 Å². The van der Waals surface area contributed by atoms with E-state index in [-0.39, 0.29) is 0 Å². The minimum Gasteiger partial charge on any atom is -0.380 e. The second kappa shape index (κ2) is 7.00. The number of thiophene rings is 1. The molecular weight excluding hydrogens is 296 g/mol. The molecule has 0 unspecified atom stereocenters. The van der Waals surface area contributed by atoms with E-state index in [1.807, 2.05) is 19.4 Å². The zero-order valence-corrected chi connectivity index (χ0v) is 13.6. The number of aryl methyl sites for hydroxylation is 1. The van der Waals surface area contributed by atoms with Crippen molar-refractivity contribution in [1.29, 1.82) is 0 Å². The van der Waals surface area contributed by atoms with Crippen LogP contribution in [0.2, 0.25) is 0 Å². The molecule has 0 saturated heterocycles. The number of ether oxygens (including phenoxy) is 1. The van der Waals surface area contributed by atoms with Crippen molar-refractivity contribution in [3.63, 3.8) is 0 Å². The lowest BCUT2D eigenvalue weighted by atomic mass is 10.3. The van der Waals surface area contributed by atoms with E-state index in [0.29, 0.717) is 30.5 Å². The molecule has 2 rings (SSSR count). The van der Waals surface area contributed by atoms with E-state index in [4.69, 9.17) is 4.74 Å². The Morgan fingerprint density at radius 1 is 1.45 bits per heavy atom. The van der Waals surface area contributed by atoms with Gasteiger partial charge in [0.2, 0.25) is 10.0 Å². The van der Waals surface area contributed by atoms with Crippen molar-refractivity contribution in [2.45, 2.75) is 31.2 Å². The topological polar surface area (TPSA) is 67.4 Å². The summed E-state index contributed by atoms with van der Waals surface area (Å²) in [4.78, 5) is 1.26. The Kier molecular flexibility index (Phi) is 5.57. The highest BCUT2D eigenvalue weighted by Gasteiger charge is 2.23. The van der Waals surface area contributed by atoms with Gasteiger partial charge in [-0.15, -0.1) is 11.3 Å². The van der Waals surface area contributed by atoms with Crippen molar-refractivity contribution < 1.29 is 13.2 Å². The number of hydrogen-bond donors (Lipinski definition) is 2. The van der Waals surface area contributed by atoms with Crippen LogP contribution in [0.5, 0.6) is 0 Å². The first-order valence-electron chi connectivity index (χ1n) is 6.83. The van der Waals surface area contributed by atoms with Crippen molar-refractivity contribution in [2.75, 3.05) is 26.8 Å². The SMILES string of the molecule is CNCc1scc(C)c1S(=O)(=O)NCCOCC1CC1. The van der Waals surface area contributed by atoms with E-state index in [2.05, 4.69) is 10.0 Å². The maximum absolute atomic E-state index is 12.3. The first-order chi connectivity index (χ1) is 9.54. The predicted octanol–water partition coefficient (Wildman–Crippen LogP) is 1.48. The molecule has 1 fully saturated rings. The van der Waals surface area contributed by atoms with Crippen molar-refractivity contribution in [3.8, 4) is 0 Å². The summed E-state index contributed by atoms with van der Waals surface area (Å²) < 4.78 is 32.7. The number of sulfonamides is 1. The average Bonchev–Trinajstić information content (AvgIpc) is 3.13. The zero-order valence-electron chi connectivity index (χ0n) is 11.9. The lowest BCUT2D eigenvalue weighted by Gasteiger charge is -2.09. The summed E-state index contributed by atoms with van der Waals surface area (Å²) in [6.45, 7) is 3.90. The number of rotatable bonds is 9. The van der Waals surface area contributed by atoms with Gasteiger partial charge in [-0.3, -0.25) is 0 Å². The van der Waals surface area contributed by atoms with E-state index < -0.39 is 10.0 Å². The Balaban J connectivity index is 1.89. The van der Waals surface area contributed by atoms with Gasteiger partial charge in [0, 0.05) is 24.6 Å². The van der Waals surface area contributed by atoms with E-state index >= 15 is 0 Å². The fourth-order valence-electron chi connectivity index (χ4n) is 1.99. The maximum Gasteiger partial charge on any atom is 0.242 e. The molecule has 0 amide bonds. The van der Waals surface area contributed by atoms with Crippen LogP contribution in [0.3, 0.4) is 0 Å². The van der Waals surface area contributed by atoms with E-state index in [1.165, 1.54) is 24.2 Å². The molecule has 1 heterocycles. The summed E-state index contributed by atoms with van der Waals surface area (Å²) in [5.41, 5.74) is 0.798. The van der Waals surface area contributed by atoms with Crippen molar-refractivity contribution >= 4 is 21.4 Å². The molecule has 1 saturated carbocycles. The fraction of sp³-hybridized carbons (Fsp3) is 0.692. The Morgan fingerprint density at radius 2 is 2.20 bits per heavy atom. The molecule has 0 radical (unpaired) electrons. The largest absolute Gasteiger partial charge is 0.380 e. The summed E-state index contributed by atoms with van der Waals surface area (Å²) >= 11 is 1.47. The zero-order chi connectivity index (χ0) is 14.6. The third-order valence-electron chi connectivity index (χ3n) is 3.18. The molecule has 0 aliphatic heterocycles. The standard InChI is InChI=1S/C13H22N2O3S2/c1-10-9-19-12(7-14-2)13(10)20(16,17)15-5-6-18-8-11-3-4-11/h9,11,14-15H,3-8H2,1-2H3. The minimum absolute atomic E-state index is 0.323. The Bertz CT molecular complexity index is 536. The van der Waals surface area contributed by atoms with Gasteiger partial charge < -0.3 is 10.1 Å². The minimum atomic E-state index is -3.45. The van der Waals surface area contributed by atoms with E-state index in [9.17, 15) is 8.42 Å². The molecule has 0 bridgehead atoms. The average molecular weight is 318 g/mol. The second-order valence-corrected chi connectivity index (χ2v) is 7.79. The Hall–Kier alpha value is -0.470. The summed E-state index contributed by atoms with van der Waals surface area (Å²) in [6, 6.07) is 0. The third-order valence-corrected chi connectivity index (χ3v) is 6.11. The molecule has 0 aromatic carbocycles. The summed E-state index contributed by atoms with van der Waals surface area (Å²) in [6.07, 6.45) is 2.49. The highest BCUT2D eigenvalue weighted by molar-refractivity contribution is 7.89. The van der Waals surface area contributed by atoms with Crippen LogP contribution in [0.25, 0.3) is 0 Å². The van der Waals surface area contributed by atoms with Crippen LogP contribution in [0.1, 0.15) is 23.3 Å². The van der Waals surface area contributed by atoms with Gasteiger partial charge in [-0.05, 0) is 43.7 Å². The van der Waals surface area contributed by atoms with E-state index in [1.54, 1.807) is 0 Å². The van der Waals surface area contributed by atoms with Gasteiger partial charge in [-0.25, -0.2) is 13.1 Å². The molecule has 2 N–H and O–H groups in total. The van der Waals surface area contributed by atoms with Crippen LogP contribution in [0, 0.1) is 12.8 Å². The van der Waals surface area contributed by atoms with Crippen LogP contribution in [-0.2, 0) is 21.3 Å². The van der Waals surface area contributed by atoms with Gasteiger partial charge >= 0.3 is 0 Å². The predicted molar refractivity (Wildman–Crippen MR) is 80.6 cm³/mol. The maximum atomic E-state index is 12.3. The van der Waals surface area contributed by atoms with Crippen LogP contribution < -0.4 is 10.0 Å². The van der Waals surface area contributed by atoms with Gasteiger partial charge in [0.15, 0.2) is 0 Å². The van der Waals surface area contributed by atoms with Crippen molar-refractivity contribution in [2.24, 2.45) is 5.92 Å². The molecule has 7 heteroatoms. The van der Waals surface area contributed by atoms with Crippen LogP contribution in [0.15, 0.2) is 10.3 Å². The quantitative estimate of drug-likeness (QED) is 0.677. The van der Waals surface area contributed by atoms with Gasteiger partial charge in [0.05, 0.1) is 6.61 Å². The molecule has 1 aliphatic rings. The molecule has 0 atom stereocenters. The smallest absolute Gasteiger partial charge is 0.242 e.